The molecule has 0 aliphatic rings. The van der Waals surface area contributed by atoms with Gasteiger partial charge < -0.3 is 4.74 Å². The van der Waals surface area contributed by atoms with Crippen LogP contribution < -0.4 is 4.74 Å². The van der Waals surface area contributed by atoms with Crippen LogP contribution in [-0.4, -0.2) is 12.4 Å². The maximum absolute atomic E-state index is 13.8. The summed E-state index contributed by atoms with van der Waals surface area (Å²) in [4.78, 5) is 0. The van der Waals surface area contributed by atoms with Crippen molar-refractivity contribution in [2.45, 2.75) is 25.7 Å². The Bertz CT molecular complexity index is 336. The summed E-state index contributed by atoms with van der Waals surface area (Å²) in [5.41, 5.74) is 0.586. The number of methoxy groups -OCH3 is 1. The first kappa shape index (κ1) is 12.5. The summed E-state index contributed by atoms with van der Waals surface area (Å²) < 4.78 is 18.7. The lowest BCUT2D eigenvalue weighted by molar-refractivity contribution is 0.407. The fourth-order valence-corrected chi connectivity index (χ4v) is 2.53. The number of benzene rings is 1. The normalized spacial score (nSPS) is 11.5. The van der Waals surface area contributed by atoms with Crippen LogP contribution in [0.15, 0.2) is 18.2 Å². The van der Waals surface area contributed by atoms with Crippen molar-refractivity contribution in [3.63, 3.8) is 0 Å². The molecule has 0 heterocycles. The molecule has 0 saturated carbocycles. The smallest absolute Gasteiger partial charge is 0.130 e. The van der Waals surface area contributed by atoms with E-state index in [1.165, 1.54) is 13.2 Å². The fraction of sp³-hybridized carbons (Fsp3) is 0.500. The van der Waals surface area contributed by atoms with Crippen LogP contribution in [0.1, 0.15) is 25.8 Å². The molecule has 0 aliphatic heterocycles. The molecule has 1 aromatic carbocycles. The second kappa shape index (κ2) is 4.97. The minimum Gasteiger partial charge on any atom is -0.497 e. The number of rotatable bonds is 4. The monoisotopic (exact) mass is 274 g/mol. The van der Waals surface area contributed by atoms with Crippen molar-refractivity contribution in [1.29, 1.82) is 0 Å². The fourth-order valence-electron chi connectivity index (χ4n) is 1.54. The lowest BCUT2D eigenvalue weighted by Crippen LogP contribution is -2.19. The molecule has 0 radical (unpaired) electrons. The van der Waals surface area contributed by atoms with Gasteiger partial charge in [-0.2, -0.15) is 0 Å². The Hall–Kier alpha value is -0.570. The van der Waals surface area contributed by atoms with E-state index in [1.54, 1.807) is 12.1 Å². The average Bonchev–Trinajstić information content (AvgIpc) is 2.17. The number of hydrogen-bond acceptors (Lipinski definition) is 1. The summed E-state index contributed by atoms with van der Waals surface area (Å²) in [6.45, 7) is 4.08. The molecule has 0 unspecified atom stereocenters. The van der Waals surface area contributed by atoms with Crippen LogP contribution in [0.3, 0.4) is 0 Å². The molecule has 1 aromatic rings. The Morgan fingerprint density at radius 3 is 2.53 bits per heavy atom. The van der Waals surface area contributed by atoms with E-state index in [-0.39, 0.29) is 11.2 Å². The highest BCUT2D eigenvalue weighted by molar-refractivity contribution is 9.09. The highest BCUT2D eigenvalue weighted by Gasteiger charge is 2.23. The standard InChI is InChI=1S/C12H16BrFO/c1-12(2,6-7-13)10-5-4-9(15-3)8-11(10)14/h4-5,8H,6-7H2,1-3H3. The molecular weight excluding hydrogens is 259 g/mol. The van der Waals surface area contributed by atoms with Gasteiger partial charge in [0.2, 0.25) is 0 Å². The van der Waals surface area contributed by atoms with Crippen LogP contribution in [0.5, 0.6) is 5.75 Å². The quantitative estimate of drug-likeness (QED) is 0.757. The molecule has 0 aliphatic carbocycles. The van der Waals surface area contributed by atoms with Crippen molar-refractivity contribution in [2.24, 2.45) is 0 Å². The first-order valence-corrected chi connectivity index (χ1v) is 6.03. The molecule has 0 amide bonds. The van der Waals surface area contributed by atoms with Crippen molar-refractivity contribution >= 4 is 15.9 Å². The number of alkyl halides is 1. The topological polar surface area (TPSA) is 9.23 Å². The third-order valence-corrected chi connectivity index (χ3v) is 3.02. The third-order valence-electron chi connectivity index (χ3n) is 2.62. The zero-order valence-corrected chi connectivity index (χ0v) is 10.9. The van der Waals surface area contributed by atoms with Gasteiger partial charge in [-0.25, -0.2) is 4.39 Å². The number of hydrogen-bond donors (Lipinski definition) is 0. The van der Waals surface area contributed by atoms with Crippen molar-refractivity contribution in [1.82, 2.24) is 0 Å². The second-order valence-corrected chi connectivity index (χ2v) is 4.96. The molecule has 1 nitrogen and oxygen atoms in total. The summed E-state index contributed by atoms with van der Waals surface area (Å²) in [5.74, 6) is 0.367. The number of halogens is 2. The van der Waals surface area contributed by atoms with E-state index < -0.39 is 0 Å². The van der Waals surface area contributed by atoms with Crippen LogP contribution in [0.25, 0.3) is 0 Å². The molecule has 0 N–H and O–H groups in total. The molecule has 0 aromatic heterocycles. The van der Waals surface area contributed by atoms with E-state index in [4.69, 9.17) is 4.74 Å². The van der Waals surface area contributed by atoms with Crippen molar-refractivity contribution in [3.8, 4) is 5.75 Å². The maximum Gasteiger partial charge on any atom is 0.130 e. The third kappa shape index (κ3) is 2.94. The van der Waals surface area contributed by atoms with E-state index in [2.05, 4.69) is 15.9 Å². The summed E-state index contributed by atoms with van der Waals surface area (Å²) in [6, 6.07) is 5.04. The Balaban J connectivity index is 3.04. The van der Waals surface area contributed by atoms with Gasteiger partial charge in [0.1, 0.15) is 11.6 Å². The summed E-state index contributed by atoms with van der Waals surface area (Å²) in [6.07, 6.45) is 0.899. The van der Waals surface area contributed by atoms with Crippen LogP contribution in [0.4, 0.5) is 4.39 Å². The first-order chi connectivity index (χ1) is 7.01. The average molecular weight is 275 g/mol. The van der Waals surface area contributed by atoms with Crippen LogP contribution in [-0.2, 0) is 5.41 Å². The van der Waals surface area contributed by atoms with E-state index in [0.717, 1.165) is 17.3 Å². The minimum absolute atomic E-state index is 0.153. The Labute approximate surface area is 98.8 Å². The van der Waals surface area contributed by atoms with Gasteiger partial charge in [-0.15, -0.1) is 0 Å². The van der Waals surface area contributed by atoms with Gasteiger partial charge in [0.15, 0.2) is 0 Å². The minimum atomic E-state index is -0.194. The van der Waals surface area contributed by atoms with Crippen molar-refractivity contribution in [3.05, 3.63) is 29.6 Å². The number of ether oxygens (including phenoxy) is 1. The summed E-state index contributed by atoms with van der Waals surface area (Å²) >= 11 is 3.39. The maximum atomic E-state index is 13.8. The van der Waals surface area contributed by atoms with Gasteiger partial charge in [0.05, 0.1) is 7.11 Å². The molecule has 15 heavy (non-hydrogen) atoms. The van der Waals surface area contributed by atoms with E-state index in [1.807, 2.05) is 13.8 Å². The van der Waals surface area contributed by atoms with Gasteiger partial charge in [0, 0.05) is 11.4 Å². The molecule has 84 valence electrons. The Morgan fingerprint density at radius 2 is 2.07 bits per heavy atom. The molecule has 0 bridgehead atoms. The Morgan fingerprint density at radius 1 is 1.40 bits per heavy atom. The van der Waals surface area contributed by atoms with Gasteiger partial charge >= 0.3 is 0 Å². The largest absolute Gasteiger partial charge is 0.497 e. The van der Waals surface area contributed by atoms with Crippen molar-refractivity contribution < 1.29 is 9.13 Å². The predicted octanol–water partition coefficient (Wildman–Crippen LogP) is 3.90. The van der Waals surface area contributed by atoms with Gasteiger partial charge in [-0.3, -0.25) is 0 Å². The molecular formula is C12H16BrFO. The SMILES string of the molecule is COc1ccc(C(C)(C)CCBr)c(F)c1. The molecule has 0 saturated heterocycles. The van der Waals surface area contributed by atoms with Gasteiger partial charge in [0.25, 0.3) is 0 Å². The molecule has 3 heteroatoms. The van der Waals surface area contributed by atoms with Crippen molar-refractivity contribution in [2.75, 3.05) is 12.4 Å². The zero-order valence-electron chi connectivity index (χ0n) is 9.31. The van der Waals surface area contributed by atoms with Crippen LogP contribution >= 0.6 is 15.9 Å². The van der Waals surface area contributed by atoms with Crippen LogP contribution in [0, 0.1) is 5.82 Å². The predicted molar refractivity (Wildman–Crippen MR) is 64.4 cm³/mol. The van der Waals surface area contributed by atoms with E-state index >= 15 is 0 Å². The Kier molecular flexibility index (Phi) is 4.14. The first-order valence-electron chi connectivity index (χ1n) is 4.91. The molecule has 0 spiro atoms. The van der Waals surface area contributed by atoms with E-state index in [9.17, 15) is 4.39 Å². The molecule has 0 atom stereocenters. The highest BCUT2D eigenvalue weighted by Crippen LogP contribution is 2.31. The van der Waals surface area contributed by atoms with E-state index in [0.29, 0.717) is 5.75 Å². The molecule has 0 fully saturated rings. The molecule has 1 rings (SSSR count). The second-order valence-electron chi connectivity index (χ2n) is 4.17. The summed E-state index contributed by atoms with van der Waals surface area (Å²) in [5, 5.41) is 0.867. The summed E-state index contributed by atoms with van der Waals surface area (Å²) in [7, 11) is 1.54. The highest BCUT2D eigenvalue weighted by atomic mass is 79.9. The lowest BCUT2D eigenvalue weighted by atomic mass is 9.82. The van der Waals surface area contributed by atoms with Gasteiger partial charge in [-0.05, 0) is 23.5 Å². The van der Waals surface area contributed by atoms with Gasteiger partial charge in [-0.1, -0.05) is 35.8 Å². The zero-order chi connectivity index (χ0) is 11.5. The lowest BCUT2D eigenvalue weighted by Gasteiger charge is -2.25. The van der Waals surface area contributed by atoms with Crippen LogP contribution in [0.2, 0.25) is 0 Å².